The van der Waals surface area contributed by atoms with Gasteiger partial charge in [0.2, 0.25) is 0 Å². The van der Waals surface area contributed by atoms with E-state index in [2.05, 4.69) is 12.6 Å². The molecule has 0 aromatic heterocycles. The van der Waals surface area contributed by atoms with Gasteiger partial charge in [0.15, 0.2) is 0 Å². The van der Waals surface area contributed by atoms with E-state index in [4.69, 9.17) is 8.85 Å². The lowest BCUT2D eigenvalue weighted by Gasteiger charge is -2.24. The lowest BCUT2D eigenvalue weighted by atomic mass is 9.91. The molecule has 0 amide bonds. The zero-order valence-corrected chi connectivity index (χ0v) is 13.4. The molecule has 1 aliphatic rings. The summed E-state index contributed by atoms with van der Waals surface area (Å²) in [6, 6.07) is 9.32. The van der Waals surface area contributed by atoms with Crippen LogP contribution in [0.25, 0.3) is 0 Å². The lowest BCUT2D eigenvalue weighted by Crippen LogP contribution is -2.28. The smallest absolute Gasteiger partial charge is 0.457 e. The molecule has 0 spiro atoms. The molecule has 1 aromatic carbocycles. The molecule has 1 radical (unpaired) electrons. The molecule has 109 valence electrons. The van der Waals surface area contributed by atoms with E-state index in [1.807, 2.05) is 24.3 Å². The topological polar surface area (TPSA) is 18.5 Å². The highest BCUT2D eigenvalue weighted by atomic mass is 28.3. The van der Waals surface area contributed by atoms with Crippen LogP contribution in [-0.2, 0) is 10.8 Å². The van der Waals surface area contributed by atoms with E-state index in [1.165, 1.54) is 37.7 Å². The standard InChI is InChI=1S/C17H25O2Si/c1-3-9-16-12-7-8-13-17(16)19-20(18-2)14-15-10-5-4-6-11-15/h3,7-8,12-13,15H,1,4-6,9-11,14H2,2H3. The van der Waals surface area contributed by atoms with Crippen LogP contribution in [0.3, 0.4) is 0 Å². The lowest BCUT2D eigenvalue weighted by molar-refractivity contribution is 0.302. The highest BCUT2D eigenvalue weighted by molar-refractivity contribution is 6.45. The average Bonchev–Trinajstić information content (AvgIpc) is 2.50. The molecular weight excluding hydrogens is 264 g/mol. The van der Waals surface area contributed by atoms with Crippen LogP contribution in [0.5, 0.6) is 5.75 Å². The third-order valence-corrected chi connectivity index (χ3v) is 5.78. The summed E-state index contributed by atoms with van der Waals surface area (Å²) in [5, 5.41) is 0. The first kappa shape index (κ1) is 15.3. The summed E-state index contributed by atoms with van der Waals surface area (Å²) in [6.45, 7) is 3.81. The molecule has 1 aromatic rings. The van der Waals surface area contributed by atoms with Crippen LogP contribution in [0, 0.1) is 5.92 Å². The summed E-state index contributed by atoms with van der Waals surface area (Å²) in [5.41, 5.74) is 1.20. The number of allylic oxidation sites excluding steroid dienone is 1. The first-order valence-corrected chi connectivity index (χ1v) is 9.12. The molecule has 1 aliphatic carbocycles. The van der Waals surface area contributed by atoms with E-state index in [9.17, 15) is 0 Å². The molecule has 1 fully saturated rings. The Morgan fingerprint density at radius 1 is 1.25 bits per heavy atom. The second-order valence-electron chi connectivity index (χ2n) is 5.49. The predicted molar refractivity (Wildman–Crippen MR) is 85.1 cm³/mol. The second kappa shape index (κ2) is 8.27. The Morgan fingerprint density at radius 3 is 2.70 bits per heavy atom. The minimum absolute atomic E-state index is 0.796. The molecule has 0 atom stereocenters. The van der Waals surface area contributed by atoms with E-state index >= 15 is 0 Å². The van der Waals surface area contributed by atoms with E-state index in [-0.39, 0.29) is 0 Å². The SMILES string of the molecule is C=CCc1ccccc1O[Si](CC1CCCCC1)OC. The van der Waals surface area contributed by atoms with E-state index in [0.29, 0.717) is 0 Å². The maximum atomic E-state index is 6.18. The van der Waals surface area contributed by atoms with Gasteiger partial charge in [-0.05, 0) is 24.0 Å². The molecule has 2 nitrogen and oxygen atoms in total. The monoisotopic (exact) mass is 289 g/mol. The van der Waals surface area contributed by atoms with Gasteiger partial charge >= 0.3 is 9.28 Å². The summed E-state index contributed by atoms with van der Waals surface area (Å²) in [6.07, 6.45) is 9.59. The highest BCUT2D eigenvalue weighted by Gasteiger charge is 2.25. The van der Waals surface area contributed by atoms with Crippen molar-refractivity contribution >= 4 is 9.28 Å². The highest BCUT2D eigenvalue weighted by Crippen LogP contribution is 2.29. The third kappa shape index (κ3) is 4.49. The van der Waals surface area contributed by atoms with E-state index < -0.39 is 9.28 Å². The van der Waals surface area contributed by atoms with Crippen LogP contribution in [0.2, 0.25) is 6.04 Å². The maximum absolute atomic E-state index is 6.18. The number of hydrogen-bond acceptors (Lipinski definition) is 2. The van der Waals surface area contributed by atoms with Crippen molar-refractivity contribution in [3.63, 3.8) is 0 Å². The summed E-state index contributed by atoms with van der Waals surface area (Å²) in [4.78, 5) is 0. The molecule has 3 heteroatoms. The fraction of sp³-hybridized carbons (Fsp3) is 0.529. The van der Waals surface area contributed by atoms with E-state index in [1.54, 1.807) is 7.11 Å². The Kier molecular flexibility index (Phi) is 6.34. The Morgan fingerprint density at radius 2 is 2.00 bits per heavy atom. The van der Waals surface area contributed by atoms with Gasteiger partial charge in [-0.25, -0.2) is 0 Å². The number of benzene rings is 1. The molecular formula is C17H25O2Si. The Bertz CT molecular complexity index is 413. The van der Waals surface area contributed by atoms with Crippen molar-refractivity contribution in [3.8, 4) is 5.75 Å². The van der Waals surface area contributed by atoms with Crippen molar-refractivity contribution in [2.75, 3.05) is 7.11 Å². The van der Waals surface area contributed by atoms with Crippen molar-refractivity contribution < 1.29 is 8.85 Å². The fourth-order valence-electron chi connectivity index (χ4n) is 2.84. The summed E-state index contributed by atoms with van der Waals surface area (Å²) in [5.74, 6) is 1.77. The number of hydrogen-bond donors (Lipinski definition) is 0. The minimum atomic E-state index is -1.21. The Balaban J connectivity index is 1.96. The summed E-state index contributed by atoms with van der Waals surface area (Å²) in [7, 11) is 0.575. The summed E-state index contributed by atoms with van der Waals surface area (Å²) >= 11 is 0. The van der Waals surface area contributed by atoms with Gasteiger partial charge < -0.3 is 8.85 Å². The summed E-state index contributed by atoms with van der Waals surface area (Å²) < 4.78 is 11.8. The fourth-order valence-corrected chi connectivity index (χ4v) is 4.50. The zero-order chi connectivity index (χ0) is 14.2. The van der Waals surface area contributed by atoms with Crippen LogP contribution in [0.4, 0.5) is 0 Å². The van der Waals surface area contributed by atoms with Gasteiger partial charge in [0.05, 0.1) is 0 Å². The van der Waals surface area contributed by atoms with Gasteiger partial charge in [0, 0.05) is 13.2 Å². The molecule has 0 unspecified atom stereocenters. The van der Waals surface area contributed by atoms with Crippen molar-refractivity contribution in [2.24, 2.45) is 5.92 Å². The molecule has 0 heterocycles. The van der Waals surface area contributed by atoms with Crippen LogP contribution >= 0.6 is 0 Å². The molecule has 0 bridgehead atoms. The molecule has 20 heavy (non-hydrogen) atoms. The van der Waals surface area contributed by atoms with Gasteiger partial charge in [-0.2, -0.15) is 0 Å². The van der Waals surface area contributed by atoms with Gasteiger partial charge in [-0.1, -0.05) is 56.4 Å². The van der Waals surface area contributed by atoms with Gasteiger partial charge in [0.1, 0.15) is 5.75 Å². The van der Waals surface area contributed by atoms with Gasteiger partial charge in [0.25, 0.3) is 0 Å². The van der Waals surface area contributed by atoms with Crippen molar-refractivity contribution in [3.05, 3.63) is 42.5 Å². The van der Waals surface area contributed by atoms with Crippen molar-refractivity contribution in [1.82, 2.24) is 0 Å². The maximum Gasteiger partial charge on any atom is 0.457 e. The molecule has 2 rings (SSSR count). The molecule has 0 aliphatic heterocycles. The molecule has 0 N–H and O–H groups in total. The largest absolute Gasteiger partial charge is 0.518 e. The van der Waals surface area contributed by atoms with Crippen LogP contribution < -0.4 is 4.43 Å². The third-order valence-electron chi connectivity index (χ3n) is 3.97. The quantitative estimate of drug-likeness (QED) is 0.543. The molecule has 1 saturated carbocycles. The Hall–Kier alpha value is -1.06. The first-order valence-electron chi connectivity index (χ1n) is 7.60. The normalized spacial score (nSPS) is 16.3. The van der Waals surface area contributed by atoms with Gasteiger partial charge in [-0.3, -0.25) is 0 Å². The molecule has 0 saturated heterocycles. The van der Waals surface area contributed by atoms with Crippen molar-refractivity contribution in [1.29, 1.82) is 0 Å². The van der Waals surface area contributed by atoms with Gasteiger partial charge in [-0.15, -0.1) is 6.58 Å². The number of rotatable bonds is 7. The van der Waals surface area contributed by atoms with Crippen LogP contribution in [-0.4, -0.2) is 16.4 Å². The minimum Gasteiger partial charge on any atom is -0.518 e. The van der Waals surface area contributed by atoms with E-state index in [0.717, 1.165) is 24.1 Å². The average molecular weight is 289 g/mol. The van der Waals surface area contributed by atoms with Crippen molar-refractivity contribution in [2.45, 2.75) is 44.6 Å². The zero-order valence-electron chi connectivity index (χ0n) is 12.4. The number of para-hydroxylation sites is 1. The second-order valence-corrected chi connectivity index (χ2v) is 7.25. The predicted octanol–water partition coefficient (Wildman–Crippen LogP) is 4.51. The first-order chi connectivity index (χ1) is 9.83. The Labute approximate surface area is 124 Å². The van der Waals surface area contributed by atoms with Crippen LogP contribution in [0.1, 0.15) is 37.7 Å². The van der Waals surface area contributed by atoms with Crippen LogP contribution in [0.15, 0.2) is 36.9 Å².